The van der Waals surface area contributed by atoms with E-state index in [1.165, 1.54) is 13.2 Å². The fraction of sp³-hybridized carbons (Fsp3) is 0.115. The molecule has 7 nitrogen and oxygen atoms in total. The number of aliphatic imine (C=N–C) groups is 1. The average Bonchev–Trinajstić information content (AvgIpc) is 2.82. The molecule has 0 aromatic heterocycles. The van der Waals surface area contributed by atoms with Gasteiger partial charge in [-0.15, -0.1) is 0 Å². The van der Waals surface area contributed by atoms with Crippen LogP contribution in [0.25, 0.3) is 10.8 Å². The molecular formula is C26H21N3O4. The lowest BCUT2D eigenvalue weighted by Crippen LogP contribution is -2.17. The summed E-state index contributed by atoms with van der Waals surface area (Å²) in [6, 6.07) is 22.8. The number of hydrogen-bond donors (Lipinski definition) is 1. The highest BCUT2D eigenvalue weighted by Crippen LogP contribution is 2.41. The Bertz CT molecular complexity index is 1420. The van der Waals surface area contributed by atoms with E-state index in [0.717, 1.165) is 33.3 Å². The molecule has 1 heterocycles. The second-order valence-electron chi connectivity index (χ2n) is 7.83. The molecule has 1 aliphatic heterocycles. The molecule has 33 heavy (non-hydrogen) atoms. The van der Waals surface area contributed by atoms with Gasteiger partial charge in [0.05, 0.1) is 17.7 Å². The first-order valence-corrected chi connectivity index (χ1v) is 10.5. The van der Waals surface area contributed by atoms with Gasteiger partial charge in [-0.2, -0.15) is 0 Å². The third kappa shape index (κ3) is 3.85. The van der Waals surface area contributed by atoms with E-state index in [9.17, 15) is 10.1 Å². The Kier molecular flexibility index (Phi) is 5.14. The molecule has 0 bridgehead atoms. The third-order valence-electron chi connectivity index (χ3n) is 5.56. The number of hydrogen-bond acceptors (Lipinski definition) is 6. The summed E-state index contributed by atoms with van der Waals surface area (Å²) in [6.45, 7) is 2.17. The van der Waals surface area contributed by atoms with Gasteiger partial charge in [0.15, 0.2) is 5.75 Å². The zero-order chi connectivity index (χ0) is 22.9. The van der Waals surface area contributed by atoms with Gasteiger partial charge < -0.3 is 14.8 Å². The molecule has 0 spiro atoms. The van der Waals surface area contributed by atoms with Crippen LogP contribution in [0.4, 0.5) is 17.1 Å². The SMILES string of the molecule is COc1cc(C2=Nc3cccc4cccc(c34)N2)cc([N+](=O)[O-])c1OCc1cccc(C)c1. The van der Waals surface area contributed by atoms with E-state index in [1.54, 1.807) is 6.07 Å². The minimum Gasteiger partial charge on any atom is -0.493 e. The van der Waals surface area contributed by atoms with Gasteiger partial charge in [0.1, 0.15) is 12.4 Å². The number of rotatable bonds is 6. The van der Waals surface area contributed by atoms with Crippen LogP contribution in [-0.4, -0.2) is 17.9 Å². The van der Waals surface area contributed by atoms with Crippen molar-refractivity contribution in [3.63, 3.8) is 0 Å². The van der Waals surface area contributed by atoms with Crippen LogP contribution in [0.5, 0.6) is 11.5 Å². The van der Waals surface area contributed by atoms with Crippen LogP contribution < -0.4 is 14.8 Å². The number of aryl methyl sites for hydroxylation is 1. The zero-order valence-electron chi connectivity index (χ0n) is 18.2. The fourth-order valence-corrected chi connectivity index (χ4v) is 4.05. The molecule has 0 unspecified atom stereocenters. The van der Waals surface area contributed by atoms with Crippen molar-refractivity contribution in [1.82, 2.24) is 0 Å². The van der Waals surface area contributed by atoms with Crippen LogP contribution in [0, 0.1) is 17.0 Å². The topological polar surface area (TPSA) is 86.0 Å². The van der Waals surface area contributed by atoms with Crippen LogP contribution in [0.1, 0.15) is 16.7 Å². The molecule has 0 saturated heterocycles. The monoisotopic (exact) mass is 439 g/mol. The van der Waals surface area contributed by atoms with Crippen molar-refractivity contribution in [1.29, 1.82) is 0 Å². The first kappa shape index (κ1) is 20.5. The van der Waals surface area contributed by atoms with Gasteiger partial charge in [-0.25, -0.2) is 4.99 Å². The van der Waals surface area contributed by atoms with Gasteiger partial charge in [0.2, 0.25) is 5.75 Å². The second kappa shape index (κ2) is 8.27. The summed E-state index contributed by atoms with van der Waals surface area (Å²) in [5.41, 5.74) is 4.06. The Hall–Kier alpha value is -4.39. The normalized spacial score (nSPS) is 12.1. The Morgan fingerprint density at radius 2 is 1.82 bits per heavy atom. The first-order chi connectivity index (χ1) is 16.0. The summed E-state index contributed by atoms with van der Waals surface area (Å²) in [4.78, 5) is 16.2. The number of nitrogens with zero attached hydrogens (tertiary/aromatic N) is 2. The summed E-state index contributed by atoms with van der Waals surface area (Å²) >= 11 is 0. The summed E-state index contributed by atoms with van der Waals surface area (Å²) in [5, 5.41) is 17.4. The molecule has 7 heteroatoms. The van der Waals surface area contributed by atoms with Crippen molar-refractivity contribution in [2.45, 2.75) is 13.5 Å². The molecule has 4 aromatic carbocycles. The molecule has 164 valence electrons. The van der Waals surface area contributed by atoms with E-state index in [4.69, 9.17) is 14.5 Å². The van der Waals surface area contributed by atoms with Gasteiger partial charge >= 0.3 is 5.69 Å². The molecular weight excluding hydrogens is 418 g/mol. The van der Waals surface area contributed by atoms with Gasteiger partial charge in [-0.3, -0.25) is 10.1 Å². The van der Waals surface area contributed by atoms with E-state index in [2.05, 4.69) is 5.32 Å². The van der Waals surface area contributed by atoms with E-state index in [1.807, 2.05) is 67.6 Å². The Morgan fingerprint density at radius 1 is 1.03 bits per heavy atom. The van der Waals surface area contributed by atoms with Crippen molar-refractivity contribution in [2.24, 2.45) is 4.99 Å². The minimum absolute atomic E-state index is 0.0895. The molecule has 4 aromatic rings. The summed E-state index contributed by atoms with van der Waals surface area (Å²) < 4.78 is 11.4. The smallest absolute Gasteiger partial charge is 0.315 e. The van der Waals surface area contributed by atoms with Gasteiger partial charge in [0.25, 0.3) is 0 Å². The fourth-order valence-electron chi connectivity index (χ4n) is 4.05. The third-order valence-corrected chi connectivity index (χ3v) is 5.56. The van der Waals surface area contributed by atoms with Gasteiger partial charge in [-0.05, 0) is 36.1 Å². The van der Waals surface area contributed by atoms with Gasteiger partial charge in [0, 0.05) is 22.7 Å². The van der Waals surface area contributed by atoms with E-state index in [-0.39, 0.29) is 23.8 Å². The average molecular weight is 439 g/mol. The standard InChI is InChI=1S/C26H21N3O4/c1-16-6-3-7-17(12-16)15-33-25-22(29(30)31)13-19(14-23(25)32-2)26-27-20-10-4-8-18-9-5-11-21(28-26)24(18)20/h3-14H,15H2,1-2H3,(H,27,28). The van der Waals surface area contributed by atoms with Crippen LogP contribution in [0.15, 0.2) is 77.8 Å². The van der Waals surface area contributed by atoms with E-state index in [0.29, 0.717) is 11.4 Å². The van der Waals surface area contributed by atoms with Crippen molar-refractivity contribution in [3.05, 3.63) is 99.6 Å². The van der Waals surface area contributed by atoms with Crippen LogP contribution in [0.3, 0.4) is 0 Å². The highest BCUT2D eigenvalue weighted by Gasteiger charge is 2.25. The molecule has 0 fully saturated rings. The molecule has 0 atom stereocenters. The largest absolute Gasteiger partial charge is 0.493 e. The van der Waals surface area contributed by atoms with Crippen LogP contribution in [0.2, 0.25) is 0 Å². The van der Waals surface area contributed by atoms with Crippen LogP contribution >= 0.6 is 0 Å². The predicted molar refractivity (Wildman–Crippen MR) is 129 cm³/mol. The Labute approximate surface area is 190 Å². The van der Waals surface area contributed by atoms with Crippen molar-refractivity contribution in [3.8, 4) is 11.5 Å². The molecule has 1 aliphatic rings. The molecule has 0 saturated carbocycles. The highest BCUT2D eigenvalue weighted by atomic mass is 16.6. The predicted octanol–water partition coefficient (Wildman–Crippen LogP) is 6.15. The summed E-state index contributed by atoms with van der Waals surface area (Å²) in [5.74, 6) is 0.868. The minimum atomic E-state index is -0.463. The lowest BCUT2D eigenvalue weighted by molar-refractivity contribution is -0.386. The van der Waals surface area contributed by atoms with Gasteiger partial charge in [-0.1, -0.05) is 54.1 Å². The van der Waals surface area contributed by atoms with Crippen molar-refractivity contribution in [2.75, 3.05) is 12.4 Å². The number of anilines is 1. The molecule has 0 amide bonds. The number of amidine groups is 1. The number of benzene rings is 4. The number of methoxy groups -OCH3 is 1. The van der Waals surface area contributed by atoms with Crippen molar-refractivity contribution >= 4 is 33.7 Å². The zero-order valence-corrected chi connectivity index (χ0v) is 18.2. The lowest BCUT2D eigenvalue weighted by atomic mass is 10.0. The maximum absolute atomic E-state index is 12.0. The second-order valence-corrected chi connectivity index (χ2v) is 7.83. The number of ether oxygens (including phenoxy) is 2. The first-order valence-electron chi connectivity index (χ1n) is 10.5. The highest BCUT2D eigenvalue weighted by molar-refractivity contribution is 6.19. The molecule has 1 N–H and O–H groups in total. The maximum Gasteiger partial charge on any atom is 0.315 e. The van der Waals surface area contributed by atoms with Crippen LogP contribution in [-0.2, 0) is 6.61 Å². The molecule has 0 aliphatic carbocycles. The quantitative estimate of drug-likeness (QED) is 0.288. The van der Waals surface area contributed by atoms with E-state index >= 15 is 0 Å². The van der Waals surface area contributed by atoms with E-state index < -0.39 is 4.92 Å². The molecule has 0 radical (unpaired) electrons. The number of nitro groups is 1. The maximum atomic E-state index is 12.0. The lowest BCUT2D eigenvalue weighted by Gasteiger charge is -2.20. The van der Waals surface area contributed by atoms with Crippen molar-refractivity contribution < 1.29 is 14.4 Å². The number of nitro benzene ring substituents is 1. The molecule has 5 rings (SSSR count). The summed E-state index contributed by atoms with van der Waals surface area (Å²) in [7, 11) is 1.47. The summed E-state index contributed by atoms with van der Waals surface area (Å²) in [6.07, 6.45) is 0. The Morgan fingerprint density at radius 3 is 2.58 bits per heavy atom. The Balaban J connectivity index is 1.55. The number of nitrogens with one attached hydrogen (secondary N) is 1.